The van der Waals surface area contributed by atoms with E-state index < -0.39 is 5.97 Å². The van der Waals surface area contributed by atoms with Gasteiger partial charge in [0.1, 0.15) is 5.69 Å². The summed E-state index contributed by atoms with van der Waals surface area (Å²) in [4.78, 5) is 15.3. The number of pyridine rings is 1. The fourth-order valence-corrected chi connectivity index (χ4v) is 2.56. The lowest BCUT2D eigenvalue weighted by atomic mass is 10.3. The van der Waals surface area contributed by atoms with Gasteiger partial charge in [0.25, 0.3) is 0 Å². The Morgan fingerprint density at radius 2 is 2.29 bits per heavy atom. The van der Waals surface area contributed by atoms with Gasteiger partial charge in [-0.2, -0.15) is 0 Å². The molecule has 17 heavy (non-hydrogen) atoms. The Kier molecular flexibility index (Phi) is 2.48. The monoisotopic (exact) mass is 233 g/mol. The SMILES string of the molecule is COC(=O)c1cc(NC2C3CNCC32)ccn1. The van der Waals surface area contributed by atoms with Gasteiger partial charge in [-0.25, -0.2) is 9.78 Å². The quantitative estimate of drug-likeness (QED) is 0.744. The summed E-state index contributed by atoms with van der Waals surface area (Å²) in [5.74, 6) is 1.08. The molecule has 1 aromatic heterocycles. The van der Waals surface area contributed by atoms with E-state index in [1.54, 1.807) is 12.3 Å². The molecule has 0 amide bonds. The summed E-state index contributed by atoms with van der Waals surface area (Å²) >= 11 is 0. The minimum absolute atomic E-state index is 0.349. The van der Waals surface area contributed by atoms with Crippen LogP contribution in [-0.2, 0) is 4.74 Å². The number of aromatic nitrogens is 1. The van der Waals surface area contributed by atoms with Gasteiger partial charge in [0, 0.05) is 31.0 Å². The zero-order chi connectivity index (χ0) is 11.8. The fourth-order valence-electron chi connectivity index (χ4n) is 2.56. The van der Waals surface area contributed by atoms with Gasteiger partial charge in [-0.05, 0) is 24.0 Å². The van der Waals surface area contributed by atoms with Gasteiger partial charge in [-0.3, -0.25) is 0 Å². The molecule has 2 aliphatic rings. The molecule has 1 aliphatic heterocycles. The summed E-state index contributed by atoms with van der Waals surface area (Å²) in [6, 6.07) is 4.17. The van der Waals surface area contributed by atoms with Crippen molar-refractivity contribution in [2.45, 2.75) is 6.04 Å². The first-order valence-electron chi connectivity index (χ1n) is 5.81. The lowest BCUT2D eigenvalue weighted by Gasteiger charge is -2.09. The summed E-state index contributed by atoms with van der Waals surface area (Å²) < 4.78 is 4.65. The standard InChI is InChI=1S/C12H15N3O2/c1-17-12(16)10-4-7(2-3-14-10)15-11-8-5-13-6-9(8)11/h2-4,8-9,11,13H,5-6H2,1H3,(H,14,15). The number of fused-ring (bicyclic) bond motifs is 1. The lowest BCUT2D eigenvalue weighted by Crippen LogP contribution is -2.21. The molecule has 2 heterocycles. The molecule has 2 unspecified atom stereocenters. The lowest BCUT2D eigenvalue weighted by molar-refractivity contribution is 0.0594. The number of rotatable bonds is 3. The summed E-state index contributed by atoms with van der Waals surface area (Å²) in [6.07, 6.45) is 1.63. The first-order chi connectivity index (χ1) is 8.29. The Morgan fingerprint density at radius 3 is 3.00 bits per heavy atom. The number of piperidine rings is 1. The minimum Gasteiger partial charge on any atom is -0.464 e. The van der Waals surface area contributed by atoms with Crippen molar-refractivity contribution in [3.63, 3.8) is 0 Å². The molecule has 2 N–H and O–H groups in total. The largest absolute Gasteiger partial charge is 0.464 e. The Morgan fingerprint density at radius 1 is 1.53 bits per heavy atom. The van der Waals surface area contributed by atoms with Crippen LogP contribution in [0.1, 0.15) is 10.5 Å². The summed E-state index contributed by atoms with van der Waals surface area (Å²) in [7, 11) is 1.36. The molecular weight excluding hydrogens is 218 g/mol. The maximum Gasteiger partial charge on any atom is 0.356 e. The van der Waals surface area contributed by atoms with Crippen LogP contribution in [0.3, 0.4) is 0 Å². The molecule has 2 atom stereocenters. The van der Waals surface area contributed by atoms with Crippen LogP contribution in [0.5, 0.6) is 0 Å². The van der Waals surface area contributed by atoms with E-state index in [0.29, 0.717) is 11.7 Å². The van der Waals surface area contributed by atoms with Crippen molar-refractivity contribution in [3.8, 4) is 0 Å². The second kappa shape index (κ2) is 4.00. The van der Waals surface area contributed by atoms with Gasteiger partial charge in [0.2, 0.25) is 0 Å². The number of hydrogen-bond acceptors (Lipinski definition) is 5. The molecule has 3 rings (SSSR count). The molecule has 5 nitrogen and oxygen atoms in total. The highest BCUT2D eigenvalue weighted by Gasteiger charge is 2.52. The molecule has 5 heteroatoms. The third-order valence-electron chi connectivity index (χ3n) is 3.58. The van der Waals surface area contributed by atoms with Gasteiger partial charge in [0.05, 0.1) is 7.11 Å². The van der Waals surface area contributed by atoms with Gasteiger partial charge in [-0.1, -0.05) is 0 Å². The average Bonchev–Trinajstić information content (AvgIpc) is 2.80. The highest BCUT2D eigenvalue weighted by molar-refractivity contribution is 5.88. The van der Waals surface area contributed by atoms with Crippen molar-refractivity contribution in [3.05, 3.63) is 24.0 Å². The Balaban J connectivity index is 1.69. The van der Waals surface area contributed by atoms with Crippen molar-refractivity contribution in [1.82, 2.24) is 10.3 Å². The highest BCUT2D eigenvalue weighted by Crippen LogP contribution is 2.43. The first-order valence-corrected chi connectivity index (χ1v) is 5.81. The number of carbonyl (C=O) groups is 1. The van der Waals surface area contributed by atoms with E-state index >= 15 is 0 Å². The van der Waals surface area contributed by atoms with E-state index in [9.17, 15) is 4.79 Å². The molecular formula is C12H15N3O2. The van der Waals surface area contributed by atoms with Crippen molar-refractivity contribution >= 4 is 11.7 Å². The molecule has 0 aromatic carbocycles. The predicted octanol–water partition coefficient (Wildman–Crippen LogP) is 0.498. The molecule has 1 aliphatic carbocycles. The van der Waals surface area contributed by atoms with Crippen molar-refractivity contribution < 1.29 is 9.53 Å². The minimum atomic E-state index is -0.397. The van der Waals surface area contributed by atoms with Crippen LogP contribution in [0, 0.1) is 11.8 Å². The van der Waals surface area contributed by atoms with Crippen LogP contribution < -0.4 is 10.6 Å². The zero-order valence-electron chi connectivity index (χ0n) is 9.64. The second-order valence-corrected chi connectivity index (χ2v) is 4.58. The molecule has 90 valence electrons. The number of nitrogens with one attached hydrogen (secondary N) is 2. The van der Waals surface area contributed by atoms with Gasteiger partial charge in [-0.15, -0.1) is 0 Å². The summed E-state index contributed by atoms with van der Waals surface area (Å²) in [6.45, 7) is 2.19. The number of ether oxygens (including phenoxy) is 1. The molecule has 0 bridgehead atoms. The van der Waals surface area contributed by atoms with E-state index in [-0.39, 0.29) is 0 Å². The Bertz CT molecular complexity index is 439. The average molecular weight is 233 g/mol. The van der Waals surface area contributed by atoms with Crippen LogP contribution in [0.4, 0.5) is 5.69 Å². The predicted molar refractivity (Wildman–Crippen MR) is 62.8 cm³/mol. The molecule has 0 radical (unpaired) electrons. The zero-order valence-corrected chi connectivity index (χ0v) is 9.64. The van der Waals surface area contributed by atoms with Crippen LogP contribution in [0.25, 0.3) is 0 Å². The molecule has 2 fully saturated rings. The number of nitrogens with zero attached hydrogens (tertiary/aromatic N) is 1. The third kappa shape index (κ3) is 1.86. The fraction of sp³-hybridized carbons (Fsp3) is 0.500. The van der Waals surface area contributed by atoms with Gasteiger partial charge < -0.3 is 15.4 Å². The van der Waals surface area contributed by atoms with Crippen LogP contribution in [-0.4, -0.2) is 37.2 Å². The number of esters is 1. The molecule has 0 spiro atoms. The van der Waals surface area contributed by atoms with Crippen molar-refractivity contribution in [2.75, 3.05) is 25.5 Å². The number of carbonyl (C=O) groups excluding carboxylic acids is 1. The molecule has 1 saturated carbocycles. The third-order valence-corrected chi connectivity index (χ3v) is 3.58. The maximum atomic E-state index is 11.3. The van der Waals surface area contributed by atoms with Gasteiger partial charge in [0.15, 0.2) is 0 Å². The number of methoxy groups -OCH3 is 1. The van der Waals surface area contributed by atoms with E-state index in [1.165, 1.54) is 7.11 Å². The normalized spacial score (nSPS) is 29.6. The van der Waals surface area contributed by atoms with E-state index in [0.717, 1.165) is 30.6 Å². The van der Waals surface area contributed by atoms with Crippen LogP contribution in [0.15, 0.2) is 18.3 Å². The highest BCUT2D eigenvalue weighted by atomic mass is 16.5. The Hall–Kier alpha value is -1.62. The van der Waals surface area contributed by atoms with Crippen LogP contribution >= 0.6 is 0 Å². The summed E-state index contributed by atoms with van der Waals surface area (Å²) in [5.41, 5.74) is 1.29. The molecule has 1 saturated heterocycles. The van der Waals surface area contributed by atoms with E-state index in [4.69, 9.17) is 0 Å². The topological polar surface area (TPSA) is 63.2 Å². The van der Waals surface area contributed by atoms with Crippen LogP contribution in [0.2, 0.25) is 0 Å². The number of hydrogen-bond donors (Lipinski definition) is 2. The van der Waals surface area contributed by atoms with E-state index in [2.05, 4.69) is 20.4 Å². The van der Waals surface area contributed by atoms with Crippen molar-refractivity contribution in [1.29, 1.82) is 0 Å². The summed E-state index contributed by atoms with van der Waals surface area (Å²) in [5, 5.41) is 6.80. The van der Waals surface area contributed by atoms with Crippen molar-refractivity contribution in [2.24, 2.45) is 11.8 Å². The number of anilines is 1. The van der Waals surface area contributed by atoms with E-state index in [1.807, 2.05) is 6.07 Å². The van der Waals surface area contributed by atoms with Gasteiger partial charge >= 0.3 is 5.97 Å². The maximum absolute atomic E-state index is 11.3. The first kappa shape index (κ1) is 10.5. The smallest absolute Gasteiger partial charge is 0.356 e. The second-order valence-electron chi connectivity index (χ2n) is 4.58. The molecule has 1 aromatic rings. The Labute approximate surface area is 99.6 Å².